The first kappa shape index (κ1) is 11.7. The number of aliphatic hydroxyl groups excluding tert-OH is 1. The molecule has 0 radical (unpaired) electrons. The van der Waals surface area contributed by atoms with Gasteiger partial charge in [0.1, 0.15) is 17.3 Å². The molecule has 2 unspecified atom stereocenters. The van der Waals surface area contributed by atoms with E-state index in [1.165, 1.54) is 6.33 Å². The van der Waals surface area contributed by atoms with Gasteiger partial charge in [0, 0.05) is 12.6 Å². The third-order valence-corrected chi connectivity index (χ3v) is 3.50. The van der Waals surface area contributed by atoms with Crippen molar-refractivity contribution in [1.82, 2.24) is 19.6 Å². The van der Waals surface area contributed by atoms with Crippen LogP contribution < -0.4 is 5.32 Å². The molecule has 1 fully saturated rings. The van der Waals surface area contributed by atoms with Gasteiger partial charge in [-0.3, -0.25) is 0 Å². The molecule has 1 aliphatic carbocycles. The second-order valence-electron chi connectivity index (χ2n) is 4.65. The zero-order valence-electron chi connectivity index (χ0n) is 9.75. The molecule has 2 heterocycles. The number of anilines is 1. The van der Waals surface area contributed by atoms with Crippen molar-refractivity contribution in [2.24, 2.45) is 5.92 Å². The van der Waals surface area contributed by atoms with Gasteiger partial charge in [0.05, 0.1) is 6.10 Å². The minimum Gasteiger partial charge on any atom is -0.393 e. The summed E-state index contributed by atoms with van der Waals surface area (Å²) in [4.78, 5) is 8.07. The Morgan fingerprint density at radius 3 is 3.17 bits per heavy atom. The summed E-state index contributed by atoms with van der Waals surface area (Å²) in [7, 11) is 0. The molecule has 0 bridgehead atoms. The smallest absolute Gasteiger partial charge is 0.255 e. The maximum atomic E-state index is 9.49. The van der Waals surface area contributed by atoms with Gasteiger partial charge in [0.25, 0.3) is 5.78 Å². The Balaban J connectivity index is 1.75. The molecule has 0 spiro atoms. The molecule has 1 saturated carbocycles. The minimum atomic E-state index is -0.149. The van der Waals surface area contributed by atoms with Crippen molar-refractivity contribution in [2.75, 3.05) is 11.9 Å². The summed E-state index contributed by atoms with van der Waals surface area (Å²) in [6, 6.07) is 1.73. The van der Waals surface area contributed by atoms with Crippen LogP contribution in [-0.4, -0.2) is 37.3 Å². The molecule has 2 atom stereocenters. The number of halogens is 1. The first-order chi connectivity index (χ1) is 8.72. The maximum Gasteiger partial charge on any atom is 0.255 e. The van der Waals surface area contributed by atoms with Crippen molar-refractivity contribution in [3.8, 4) is 0 Å². The van der Waals surface area contributed by atoms with E-state index in [4.69, 9.17) is 11.6 Å². The molecule has 0 aliphatic heterocycles. The van der Waals surface area contributed by atoms with Crippen LogP contribution in [0, 0.1) is 5.92 Å². The van der Waals surface area contributed by atoms with Gasteiger partial charge in [-0.1, -0.05) is 11.6 Å². The maximum absolute atomic E-state index is 9.49. The van der Waals surface area contributed by atoms with Crippen LogP contribution in [0.4, 0.5) is 5.82 Å². The Labute approximate surface area is 109 Å². The Morgan fingerprint density at radius 1 is 1.50 bits per heavy atom. The fourth-order valence-corrected chi connectivity index (χ4v) is 2.57. The zero-order valence-corrected chi connectivity index (χ0v) is 10.5. The lowest BCUT2D eigenvalue weighted by Gasteiger charge is -2.12. The van der Waals surface area contributed by atoms with E-state index in [9.17, 15) is 5.11 Å². The van der Waals surface area contributed by atoms with E-state index in [-0.39, 0.29) is 6.10 Å². The van der Waals surface area contributed by atoms with Crippen LogP contribution in [0.1, 0.15) is 19.3 Å². The highest BCUT2D eigenvalue weighted by molar-refractivity contribution is 6.29. The van der Waals surface area contributed by atoms with Gasteiger partial charge in [0.2, 0.25) is 0 Å². The topological polar surface area (TPSA) is 75.3 Å². The Bertz CT molecular complexity index is 557. The van der Waals surface area contributed by atoms with E-state index >= 15 is 0 Å². The molecule has 0 amide bonds. The number of hydrogen-bond donors (Lipinski definition) is 2. The highest BCUT2D eigenvalue weighted by atomic mass is 35.5. The van der Waals surface area contributed by atoms with Crippen molar-refractivity contribution < 1.29 is 5.11 Å². The molecule has 2 aromatic heterocycles. The van der Waals surface area contributed by atoms with Crippen molar-refractivity contribution in [3.63, 3.8) is 0 Å². The SMILES string of the molecule is OC1CCC(CNc2cc(Cl)nc3ncnn23)C1. The van der Waals surface area contributed by atoms with E-state index in [1.807, 2.05) is 0 Å². The van der Waals surface area contributed by atoms with Gasteiger partial charge in [-0.25, -0.2) is 0 Å². The Morgan fingerprint density at radius 2 is 2.39 bits per heavy atom. The Kier molecular flexibility index (Phi) is 3.05. The van der Waals surface area contributed by atoms with Crippen LogP contribution in [0.15, 0.2) is 12.4 Å². The van der Waals surface area contributed by atoms with Crippen LogP contribution >= 0.6 is 11.6 Å². The average Bonchev–Trinajstić information content (AvgIpc) is 2.94. The van der Waals surface area contributed by atoms with Crippen LogP contribution in [0.25, 0.3) is 5.78 Å². The molecule has 96 valence electrons. The number of nitrogens with one attached hydrogen (secondary N) is 1. The summed E-state index contributed by atoms with van der Waals surface area (Å²) in [5.74, 6) is 1.76. The first-order valence-corrected chi connectivity index (χ1v) is 6.38. The highest BCUT2D eigenvalue weighted by Crippen LogP contribution is 2.26. The van der Waals surface area contributed by atoms with E-state index in [0.717, 1.165) is 31.6 Å². The van der Waals surface area contributed by atoms with E-state index in [1.54, 1.807) is 10.6 Å². The molecule has 1 aliphatic rings. The van der Waals surface area contributed by atoms with E-state index < -0.39 is 0 Å². The first-order valence-electron chi connectivity index (χ1n) is 6.00. The molecular weight excluding hydrogens is 254 g/mol. The van der Waals surface area contributed by atoms with Crippen molar-refractivity contribution in [1.29, 1.82) is 0 Å². The van der Waals surface area contributed by atoms with E-state index in [2.05, 4.69) is 20.4 Å². The lowest BCUT2D eigenvalue weighted by Crippen LogP contribution is -2.15. The standard InChI is InChI=1S/C11H14ClN5O/c12-9-4-10(17-11(16-9)14-6-15-17)13-5-7-1-2-8(18)3-7/h4,6-8,13,18H,1-3,5H2. The zero-order chi connectivity index (χ0) is 12.5. The molecule has 0 saturated heterocycles. The summed E-state index contributed by atoms with van der Waals surface area (Å²) in [5.41, 5.74) is 0. The van der Waals surface area contributed by atoms with Crippen LogP contribution in [-0.2, 0) is 0 Å². The van der Waals surface area contributed by atoms with Crippen LogP contribution in [0.5, 0.6) is 0 Å². The van der Waals surface area contributed by atoms with Gasteiger partial charge >= 0.3 is 0 Å². The number of aliphatic hydroxyl groups is 1. The predicted octanol–water partition coefficient (Wildman–Crippen LogP) is 1.35. The molecule has 2 N–H and O–H groups in total. The molecule has 7 heteroatoms. The average molecular weight is 268 g/mol. The number of aromatic nitrogens is 4. The molecule has 6 nitrogen and oxygen atoms in total. The van der Waals surface area contributed by atoms with Crippen LogP contribution in [0.3, 0.4) is 0 Å². The quantitative estimate of drug-likeness (QED) is 0.821. The monoisotopic (exact) mass is 267 g/mol. The van der Waals surface area contributed by atoms with Crippen molar-refractivity contribution in [2.45, 2.75) is 25.4 Å². The summed E-state index contributed by atoms with van der Waals surface area (Å²) < 4.78 is 1.62. The lowest BCUT2D eigenvalue weighted by molar-refractivity contribution is 0.178. The molecular formula is C11H14ClN5O. The summed E-state index contributed by atoms with van der Waals surface area (Å²) >= 11 is 5.93. The van der Waals surface area contributed by atoms with Gasteiger partial charge in [-0.15, -0.1) is 0 Å². The fraction of sp³-hybridized carbons (Fsp3) is 0.545. The second-order valence-corrected chi connectivity index (χ2v) is 5.04. The number of hydrogen-bond acceptors (Lipinski definition) is 5. The van der Waals surface area contributed by atoms with Gasteiger partial charge in [0.15, 0.2) is 0 Å². The molecule has 18 heavy (non-hydrogen) atoms. The van der Waals surface area contributed by atoms with Gasteiger partial charge < -0.3 is 10.4 Å². The third-order valence-electron chi connectivity index (χ3n) is 3.31. The van der Waals surface area contributed by atoms with Crippen LogP contribution in [0.2, 0.25) is 5.15 Å². The summed E-state index contributed by atoms with van der Waals surface area (Å²) in [5, 5.41) is 17.3. The lowest BCUT2D eigenvalue weighted by atomic mass is 10.1. The van der Waals surface area contributed by atoms with Gasteiger partial charge in [-0.05, 0) is 25.2 Å². The largest absolute Gasteiger partial charge is 0.393 e. The second kappa shape index (κ2) is 4.70. The minimum absolute atomic E-state index is 0.149. The molecule has 0 aromatic carbocycles. The number of nitrogens with zero attached hydrogens (tertiary/aromatic N) is 4. The number of rotatable bonds is 3. The highest BCUT2D eigenvalue weighted by Gasteiger charge is 2.22. The summed E-state index contributed by atoms with van der Waals surface area (Å²) in [6.45, 7) is 0.798. The molecule has 2 aromatic rings. The normalized spacial score (nSPS) is 23.7. The summed E-state index contributed by atoms with van der Waals surface area (Å²) in [6.07, 6.45) is 4.09. The van der Waals surface area contributed by atoms with Crippen molar-refractivity contribution >= 4 is 23.2 Å². The van der Waals surface area contributed by atoms with Gasteiger partial charge in [-0.2, -0.15) is 19.6 Å². The van der Waals surface area contributed by atoms with E-state index in [0.29, 0.717) is 16.8 Å². The predicted molar refractivity (Wildman–Crippen MR) is 67.6 cm³/mol. The molecule has 3 rings (SSSR count). The fourth-order valence-electron chi connectivity index (χ4n) is 2.39. The van der Waals surface area contributed by atoms with Crippen molar-refractivity contribution in [3.05, 3.63) is 17.5 Å². The number of fused-ring (bicyclic) bond motifs is 1. The third kappa shape index (κ3) is 2.26. The Hall–Kier alpha value is -1.40.